The molecule has 0 fully saturated rings. The van der Waals surface area contributed by atoms with Crippen LogP contribution in [0.4, 0.5) is 5.69 Å². The third kappa shape index (κ3) is 3.98. The molecule has 0 aliphatic heterocycles. The van der Waals surface area contributed by atoms with Crippen LogP contribution >= 0.6 is 0 Å². The summed E-state index contributed by atoms with van der Waals surface area (Å²) in [5, 5.41) is 11.9. The topological polar surface area (TPSA) is 88.8 Å². The molecule has 6 heteroatoms. The Morgan fingerprint density at radius 2 is 2.04 bits per heavy atom. The predicted molar refractivity (Wildman–Crippen MR) is 84.9 cm³/mol. The molecule has 0 aliphatic carbocycles. The van der Waals surface area contributed by atoms with Crippen LogP contribution in [0.25, 0.3) is 0 Å². The Bertz CT molecular complexity index is 718. The van der Waals surface area contributed by atoms with Crippen LogP contribution in [0.5, 0.6) is 0 Å². The highest BCUT2D eigenvalue weighted by atomic mass is 16.5. The smallest absolute Gasteiger partial charge is 0.335 e. The zero-order valence-electron chi connectivity index (χ0n) is 13.3. The average molecular weight is 317 g/mol. The molecule has 23 heavy (non-hydrogen) atoms. The Balaban J connectivity index is 2.29. The van der Waals surface area contributed by atoms with Crippen molar-refractivity contribution in [3.8, 4) is 0 Å². The monoisotopic (exact) mass is 317 g/mol. The third-order valence-corrected chi connectivity index (χ3v) is 3.27. The number of hydrogen-bond acceptors (Lipinski definition) is 4. The zero-order valence-corrected chi connectivity index (χ0v) is 13.3. The SMILES string of the molecule is COCc1cc(NC(=O)c2ccoc2C(C)C)cc(C(=O)O)c1. The first-order valence-corrected chi connectivity index (χ1v) is 7.17. The Kier molecular flexibility index (Phi) is 5.18. The number of anilines is 1. The lowest BCUT2D eigenvalue weighted by Gasteiger charge is -2.10. The summed E-state index contributed by atoms with van der Waals surface area (Å²) in [6.07, 6.45) is 1.47. The second kappa shape index (κ2) is 7.11. The first-order valence-electron chi connectivity index (χ1n) is 7.17. The number of ether oxygens (including phenoxy) is 1. The Morgan fingerprint density at radius 1 is 1.30 bits per heavy atom. The molecule has 0 spiro atoms. The minimum absolute atomic E-state index is 0.0696. The Morgan fingerprint density at radius 3 is 2.65 bits per heavy atom. The molecule has 2 rings (SSSR count). The maximum absolute atomic E-state index is 12.4. The number of carboxylic acids is 1. The van der Waals surface area contributed by atoms with Crippen molar-refractivity contribution in [3.63, 3.8) is 0 Å². The molecule has 6 nitrogen and oxygen atoms in total. The maximum Gasteiger partial charge on any atom is 0.335 e. The number of hydrogen-bond donors (Lipinski definition) is 2. The number of carbonyl (C=O) groups is 2. The van der Waals surface area contributed by atoms with Gasteiger partial charge in [-0.2, -0.15) is 0 Å². The van der Waals surface area contributed by atoms with Gasteiger partial charge in [0.05, 0.1) is 24.0 Å². The van der Waals surface area contributed by atoms with E-state index in [1.807, 2.05) is 13.8 Å². The van der Waals surface area contributed by atoms with Gasteiger partial charge in [-0.3, -0.25) is 4.79 Å². The van der Waals surface area contributed by atoms with Crippen LogP contribution in [0.2, 0.25) is 0 Å². The summed E-state index contributed by atoms with van der Waals surface area (Å²) in [5.74, 6) is -0.743. The predicted octanol–water partition coefficient (Wildman–Crippen LogP) is 3.50. The van der Waals surface area contributed by atoms with Crippen LogP contribution < -0.4 is 5.32 Å². The summed E-state index contributed by atoms with van der Waals surface area (Å²) in [5.41, 5.74) is 1.59. The fourth-order valence-electron chi connectivity index (χ4n) is 2.29. The van der Waals surface area contributed by atoms with E-state index in [2.05, 4.69) is 5.32 Å². The van der Waals surface area contributed by atoms with Crippen molar-refractivity contribution in [2.24, 2.45) is 0 Å². The van der Waals surface area contributed by atoms with Crippen LogP contribution in [0, 0.1) is 0 Å². The summed E-state index contributed by atoms with van der Waals surface area (Å²) in [6, 6.07) is 6.21. The van der Waals surface area contributed by atoms with Crippen LogP contribution in [-0.4, -0.2) is 24.1 Å². The molecule has 2 N–H and O–H groups in total. The van der Waals surface area contributed by atoms with E-state index in [1.54, 1.807) is 12.1 Å². The van der Waals surface area contributed by atoms with Gasteiger partial charge in [-0.05, 0) is 29.8 Å². The number of methoxy groups -OCH3 is 1. The Labute approximate surface area is 134 Å². The van der Waals surface area contributed by atoms with Gasteiger partial charge < -0.3 is 19.6 Å². The molecular formula is C17H19NO5. The lowest BCUT2D eigenvalue weighted by Crippen LogP contribution is -2.14. The molecular weight excluding hydrogens is 298 g/mol. The van der Waals surface area contributed by atoms with E-state index < -0.39 is 5.97 Å². The molecule has 1 amide bonds. The molecule has 1 aromatic heterocycles. The number of nitrogens with one attached hydrogen (secondary N) is 1. The fraction of sp³-hybridized carbons (Fsp3) is 0.294. The molecule has 1 heterocycles. The third-order valence-electron chi connectivity index (χ3n) is 3.27. The highest BCUT2D eigenvalue weighted by Crippen LogP contribution is 2.23. The number of amides is 1. The highest BCUT2D eigenvalue weighted by Gasteiger charge is 2.18. The minimum Gasteiger partial charge on any atom is -0.478 e. The van der Waals surface area contributed by atoms with E-state index in [1.165, 1.54) is 25.5 Å². The number of carbonyl (C=O) groups excluding carboxylic acids is 1. The molecule has 2 aromatic rings. The molecule has 0 atom stereocenters. The average Bonchev–Trinajstić information content (AvgIpc) is 2.97. The molecule has 0 aliphatic rings. The zero-order chi connectivity index (χ0) is 17.0. The summed E-state index contributed by atoms with van der Waals surface area (Å²) in [6.45, 7) is 4.11. The molecule has 0 radical (unpaired) electrons. The summed E-state index contributed by atoms with van der Waals surface area (Å²) >= 11 is 0. The highest BCUT2D eigenvalue weighted by molar-refractivity contribution is 6.05. The van der Waals surface area contributed by atoms with Crippen LogP contribution in [0.1, 0.15) is 51.8 Å². The lowest BCUT2D eigenvalue weighted by atomic mass is 10.1. The molecule has 0 saturated carbocycles. The number of aromatic carboxylic acids is 1. The molecule has 1 aromatic carbocycles. The molecule has 0 bridgehead atoms. The van der Waals surface area contributed by atoms with Gasteiger partial charge >= 0.3 is 5.97 Å². The first-order chi connectivity index (χ1) is 10.9. The van der Waals surface area contributed by atoms with Crippen molar-refractivity contribution >= 4 is 17.6 Å². The second-order valence-electron chi connectivity index (χ2n) is 5.46. The summed E-state index contributed by atoms with van der Waals surface area (Å²) in [4.78, 5) is 23.6. The van der Waals surface area contributed by atoms with Gasteiger partial charge in [0.15, 0.2) is 0 Å². The number of rotatable bonds is 6. The van der Waals surface area contributed by atoms with E-state index in [-0.39, 0.29) is 24.0 Å². The van der Waals surface area contributed by atoms with Gasteiger partial charge in [-0.15, -0.1) is 0 Å². The van der Waals surface area contributed by atoms with Crippen molar-refractivity contribution in [3.05, 3.63) is 53.0 Å². The van der Waals surface area contributed by atoms with E-state index in [0.29, 0.717) is 22.6 Å². The number of carboxylic acid groups (broad SMARTS) is 1. The molecule has 122 valence electrons. The van der Waals surface area contributed by atoms with E-state index in [0.717, 1.165) is 0 Å². The van der Waals surface area contributed by atoms with Crippen LogP contribution in [-0.2, 0) is 11.3 Å². The normalized spacial score (nSPS) is 10.8. The summed E-state index contributed by atoms with van der Waals surface area (Å²) in [7, 11) is 1.52. The lowest BCUT2D eigenvalue weighted by molar-refractivity contribution is 0.0696. The van der Waals surface area contributed by atoms with Gasteiger partial charge in [-0.25, -0.2) is 4.79 Å². The van der Waals surface area contributed by atoms with Gasteiger partial charge in [0.25, 0.3) is 5.91 Å². The van der Waals surface area contributed by atoms with Gasteiger partial charge in [0.2, 0.25) is 0 Å². The van der Waals surface area contributed by atoms with Gasteiger partial charge in [-0.1, -0.05) is 13.8 Å². The van der Waals surface area contributed by atoms with Crippen LogP contribution in [0.15, 0.2) is 34.9 Å². The van der Waals surface area contributed by atoms with Gasteiger partial charge in [0, 0.05) is 18.7 Å². The van der Waals surface area contributed by atoms with E-state index >= 15 is 0 Å². The van der Waals surface area contributed by atoms with Crippen molar-refractivity contribution in [2.75, 3.05) is 12.4 Å². The first kappa shape index (κ1) is 16.8. The van der Waals surface area contributed by atoms with Crippen molar-refractivity contribution in [1.29, 1.82) is 0 Å². The van der Waals surface area contributed by atoms with Gasteiger partial charge in [0.1, 0.15) is 5.76 Å². The van der Waals surface area contributed by atoms with E-state index in [4.69, 9.17) is 14.3 Å². The standard InChI is InChI=1S/C17H19NO5/c1-10(2)15-14(4-5-23-15)16(19)18-13-7-11(9-22-3)6-12(8-13)17(20)21/h4-8,10H,9H2,1-3H3,(H,18,19)(H,20,21). The fourth-order valence-corrected chi connectivity index (χ4v) is 2.29. The molecule has 0 saturated heterocycles. The van der Waals surface area contributed by atoms with Crippen LogP contribution in [0.3, 0.4) is 0 Å². The number of benzene rings is 1. The van der Waals surface area contributed by atoms with E-state index in [9.17, 15) is 9.59 Å². The van der Waals surface area contributed by atoms with Crippen molar-refractivity contribution < 1.29 is 23.8 Å². The largest absolute Gasteiger partial charge is 0.478 e. The molecule has 0 unspecified atom stereocenters. The number of furan rings is 1. The summed E-state index contributed by atoms with van der Waals surface area (Å²) < 4.78 is 10.4. The van der Waals surface area contributed by atoms with Crippen molar-refractivity contribution in [1.82, 2.24) is 0 Å². The minimum atomic E-state index is -1.07. The second-order valence-corrected chi connectivity index (χ2v) is 5.46. The Hall–Kier alpha value is -2.60. The quantitative estimate of drug-likeness (QED) is 0.851. The van der Waals surface area contributed by atoms with Crippen molar-refractivity contribution in [2.45, 2.75) is 26.4 Å². The maximum atomic E-state index is 12.4.